The zero-order valence-electron chi connectivity index (χ0n) is 31.9. The molecule has 0 atom stereocenters. The van der Waals surface area contributed by atoms with Crippen molar-refractivity contribution in [3.8, 4) is 22.3 Å². The second-order valence-corrected chi connectivity index (χ2v) is 14.1. The van der Waals surface area contributed by atoms with Gasteiger partial charge in [-0.3, -0.25) is 0 Å². The molecule has 0 saturated heterocycles. The largest absolute Gasteiger partial charge is 4.00 e. The maximum atomic E-state index is 2.49. The van der Waals surface area contributed by atoms with Gasteiger partial charge < -0.3 is 14.9 Å². The van der Waals surface area contributed by atoms with Crippen molar-refractivity contribution in [3.05, 3.63) is 216 Å². The van der Waals surface area contributed by atoms with Gasteiger partial charge in [0.15, 0.2) is 0 Å². The molecular weight excluding hydrogens is 791 g/mol. The molecular formula is C51H48Hf. The quantitative estimate of drug-likeness (QED) is 0.116. The molecule has 256 valence electrons. The van der Waals surface area contributed by atoms with E-state index >= 15 is 0 Å². The molecule has 0 unspecified atom stereocenters. The molecule has 0 N–H and O–H groups in total. The average molecular weight is 839 g/mol. The summed E-state index contributed by atoms with van der Waals surface area (Å²) in [6.45, 7) is 13.3. The zero-order valence-corrected chi connectivity index (χ0v) is 35.4. The minimum atomic E-state index is -0.546. The van der Waals surface area contributed by atoms with Gasteiger partial charge in [0.05, 0.1) is 0 Å². The normalized spacial score (nSPS) is 11.2. The molecule has 0 aromatic heterocycles. The molecule has 1 heteroatoms. The van der Waals surface area contributed by atoms with Gasteiger partial charge in [-0.1, -0.05) is 119 Å². The van der Waals surface area contributed by atoms with Crippen molar-refractivity contribution < 1.29 is 25.8 Å². The maximum Gasteiger partial charge on any atom is 4.00 e. The predicted octanol–water partition coefficient (Wildman–Crippen LogP) is 13.9. The summed E-state index contributed by atoms with van der Waals surface area (Å²) in [5.74, 6) is 0. The van der Waals surface area contributed by atoms with Crippen molar-refractivity contribution in [3.63, 3.8) is 0 Å². The van der Waals surface area contributed by atoms with Crippen LogP contribution in [0.25, 0.3) is 43.8 Å². The molecule has 0 fully saturated rings. The van der Waals surface area contributed by atoms with Crippen LogP contribution in [0.3, 0.4) is 0 Å². The fraction of sp³-hybridized carbons (Fsp3) is 0.137. The molecule has 0 amide bonds. The third kappa shape index (κ3) is 6.28. The van der Waals surface area contributed by atoms with Gasteiger partial charge in [-0.05, 0) is 86.1 Å². The Labute approximate surface area is 330 Å². The van der Waals surface area contributed by atoms with Gasteiger partial charge in [0.1, 0.15) is 0 Å². The number of benzene rings is 6. The van der Waals surface area contributed by atoms with Crippen LogP contribution in [0.15, 0.2) is 146 Å². The molecule has 0 radical (unpaired) electrons. The third-order valence-corrected chi connectivity index (χ3v) is 10.8. The van der Waals surface area contributed by atoms with E-state index in [1.165, 1.54) is 99.4 Å². The van der Waals surface area contributed by atoms with Gasteiger partial charge in [0.25, 0.3) is 0 Å². The SMILES string of the molecule is Cc1ccc(C(c2ccc(C)cc2)(c2cc3c(-c4c(C)cccc4C)cccc3[cH-]2)c2cc3c(-c4c(C)cccc4C)cccc3[cH-]2)cc1.[CH3-].[CH3-].[Hf+4]. The molecule has 8 aromatic carbocycles. The van der Waals surface area contributed by atoms with Crippen molar-refractivity contribution in [1.29, 1.82) is 0 Å². The van der Waals surface area contributed by atoms with Crippen LogP contribution in [-0.2, 0) is 31.3 Å². The van der Waals surface area contributed by atoms with E-state index in [1.54, 1.807) is 0 Å². The molecule has 0 spiro atoms. The summed E-state index contributed by atoms with van der Waals surface area (Å²) in [4.78, 5) is 0. The Morgan fingerprint density at radius 3 is 1.08 bits per heavy atom. The summed E-state index contributed by atoms with van der Waals surface area (Å²) >= 11 is 0. The molecule has 0 heterocycles. The predicted molar refractivity (Wildman–Crippen MR) is 223 cm³/mol. The zero-order chi connectivity index (χ0) is 33.9. The Balaban J connectivity index is 0.00000174. The van der Waals surface area contributed by atoms with Crippen LogP contribution in [0.2, 0.25) is 0 Å². The summed E-state index contributed by atoms with van der Waals surface area (Å²) in [6.07, 6.45) is 0. The summed E-state index contributed by atoms with van der Waals surface area (Å²) < 4.78 is 0. The molecule has 8 rings (SSSR count). The molecule has 0 aliphatic heterocycles. The Kier molecular flexibility index (Phi) is 11.3. The Morgan fingerprint density at radius 1 is 0.404 bits per heavy atom. The van der Waals surface area contributed by atoms with Gasteiger partial charge in [-0.15, -0.1) is 69.1 Å². The number of hydrogen-bond acceptors (Lipinski definition) is 0. The maximum absolute atomic E-state index is 2.49. The number of hydrogen-bond donors (Lipinski definition) is 0. The summed E-state index contributed by atoms with van der Waals surface area (Å²) in [5, 5.41) is 5.13. The standard InChI is InChI=1S/C49H42.2CH3.Hf/c1-31-19-23-39(24-20-31)49(40-25-21-32(2)22-26-40,41-27-37-15-9-17-43(45(37)29-41)47-33(3)11-7-12-34(47)4)42-28-38-16-10-18-44(46(38)30-42)48-35(5)13-8-14-36(48)6;;;/h7-30H,1-6H3;2*1H3;/q-2;2*-1;+4. The first-order valence-electron chi connectivity index (χ1n) is 17.4. The van der Waals surface area contributed by atoms with E-state index in [2.05, 4.69) is 187 Å². The van der Waals surface area contributed by atoms with E-state index in [1.807, 2.05) is 0 Å². The van der Waals surface area contributed by atoms with Gasteiger partial charge in [0.2, 0.25) is 0 Å². The van der Waals surface area contributed by atoms with E-state index in [9.17, 15) is 0 Å². The van der Waals surface area contributed by atoms with Gasteiger partial charge in [0, 0.05) is 5.41 Å². The van der Waals surface area contributed by atoms with Crippen molar-refractivity contribution in [2.24, 2.45) is 0 Å². The van der Waals surface area contributed by atoms with Crippen LogP contribution < -0.4 is 0 Å². The number of aryl methyl sites for hydroxylation is 6. The second-order valence-electron chi connectivity index (χ2n) is 14.1. The van der Waals surface area contributed by atoms with Crippen LogP contribution in [0.4, 0.5) is 0 Å². The van der Waals surface area contributed by atoms with Crippen LogP contribution in [0.1, 0.15) is 55.6 Å². The van der Waals surface area contributed by atoms with Crippen LogP contribution >= 0.6 is 0 Å². The first-order valence-corrected chi connectivity index (χ1v) is 17.4. The summed E-state index contributed by atoms with van der Waals surface area (Å²) in [6, 6.07) is 55.2. The summed E-state index contributed by atoms with van der Waals surface area (Å²) in [5.41, 5.74) is 17.6. The van der Waals surface area contributed by atoms with Crippen LogP contribution in [-0.4, -0.2) is 0 Å². The molecule has 52 heavy (non-hydrogen) atoms. The Bertz CT molecular complexity index is 2260. The van der Waals surface area contributed by atoms with E-state index in [0.717, 1.165) is 0 Å². The minimum absolute atomic E-state index is 0. The van der Waals surface area contributed by atoms with E-state index in [-0.39, 0.29) is 40.7 Å². The van der Waals surface area contributed by atoms with Gasteiger partial charge >= 0.3 is 25.8 Å². The smallest absolute Gasteiger partial charge is 0.358 e. The number of fused-ring (bicyclic) bond motifs is 2. The molecule has 0 bridgehead atoms. The third-order valence-electron chi connectivity index (χ3n) is 10.8. The molecule has 0 aliphatic carbocycles. The van der Waals surface area contributed by atoms with Crippen molar-refractivity contribution >= 4 is 21.5 Å². The van der Waals surface area contributed by atoms with Gasteiger partial charge in [-0.2, -0.15) is 12.1 Å². The van der Waals surface area contributed by atoms with Crippen molar-refractivity contribution in [2.75, 3.05) is 0 Å². The fourth-order valence-corrected chi connectivity index (χ4v) is 8.42. The Hall–Kier alpha value is -4.59. The van der Waals surface area contributed by atoms with Crippen molar-refractivity contribution in [2.45, 2.75) is 47.0 Å². The molecule has 0 aliphatic rings. The van der Waals surface area contributed by atoms with E-state index in [0.29, 0.717) is 0 Å². The van der Waals surface area contributed by atoms with E-state index < -0.39 is 5.41 Å². The Morgan fingerprint density at radius 2 is 0.731 bits per heavy atom. The molecule has 0 saturated carbocycles. The first kappa shape index (κ1) is 38.6. The fourth-order valence-electron chi connectivity index (χ4n) is 8.42. The summed E-state index contributed by atoms with van der Waals surface area (Å²) in [7, 11) is 0. The topological polar surface area (TPSA) is 0 Å². The van der Waals surface area contributed by atoms with Gasteiger partial charge in [-0.25, -0.2) is 0 Å². The average Bonchev–Trinajstić information content (AvgIpc) is 3.73. The number of rotatable bonds is 6. The van der Waals surface area contributed by atoms with E-state index in [4.69, 9.17) is 0 Å². The second kappa shape index (κ2) is 15.2. The van der Waals surface area contributed by atoms with Crippen LogP contribution in [0.5, 0.6) is 0 Å². The molecule has 8 aromatic rings. The van der Waals surface area contributed by atoms with Crippen LogP contribution in [0, 0.1) is 56.4 Å². The molecule has 0 nitrogen and oxygen atoms in total. The minimum Gasteiger partial charge on any atom is -0.358 e. The monoisotopic (exact) mass is 840 g/mol. The van der Waals surface area contributed by atoms with Crippen molar-refractivity contribution in [1.82, 2.24) is 0 Å². The first-order chi connectivity index (χ1) is 23.8.